The molecule has 0 amide bonds. The molecule has 4 aromatic carbocycles. The molecule has 0 N–H and O–H groups in total. The van der Waals surface area contributed by atoms with Gasteiger partial charge < -0.3 is 0 Å². The van der Waals surface area contributed by atoms with Crippen LogP contribution >= 0.6 is 0 Å². The normalized spacial score (nSPS) is 19.1. The van der Waals surface area contributed by atoms with Gasteiger partial charge in [-0.05, 0) is 44.5 Å². The first-order chi connectivity index (χ1) is 14.9. The maximum Gasteiger partial charge on any atom is 0.0211 e. The van der Waals surface area contributed by atoms with Crippen LogP contribution in [0.15, 0.2) is 109 Å². The van der Waals surface area contributed by atoms with Crippen LogP contribution in [0.1, 0.15) is 45.2 Å². The lowest BCUT2D eigenvalue weighted by molar-refractivity contribution is 0.787. The lowest BCUT2D eigenvalue weighted by atomic mass is 9.74. The first-order valence-electron chi connectivity index (χ1n) is 10.6. The van der Waals surface area contributed by atoms with Gasteiger partial charge in [0.15, 0.2) is 0 Å². The van der Waals surface area contributed by atoms with Gasteiger partial charge in [-0.1, -0.05) is 121 Å². The van der Waals surface area contributed by atoms with Gasteiger partial charge in [0.25, 0.3) is 0 Å². The van der Waals surface area contributed by atoms with Crippen LogP contribution in [0.25, 0.3) is 23.3 Å². The highest BCUT2D eigenvalue weighted by molar-refractivity contribution is 5.99. The fourth-order valence-electron chi connectivity index (χ4n) is 5.21. The van der Waals surface area contributed by atoms with Gasteiger partial charge in [0.1, 0.15) is 0 Å². The Morgan fingerprint density at radius 3 is 1.17 bits per heavy atom. The highest BCUT2D eigenvalue weighted by Crippen LogP contribution is 2.57. The summed E-state index contributed by atoms with van der Waals surface area (Å²) in [6, 6.07) is 39.6. The number of allylic oxidation sites excluding steroid dienone is 2. The third-order valence-electron chi connectivity index (χ3n) is 6.50. The second kappa shape index (κ2) is 7.00. The zero-order chi connectivity index (χ0) is 19.9. The first-order valence-corrected chi connectivity index (χ1v) is 10.6. The van der Waals surface area contributed by atoms with Crippen molar-refractivity contribution < 1.29 is 0 Å². The molecule has 0 radical (unpaired) electrons. The highest BCUT2D eigenvalue weighted by atomic mass is 14.4. The van der Waals surface area contributed by atoms with E-state index in [1.807, 2.05) is 0 Å². The van der Waals surface area contributed by atoms with Gasteiger partial charge in [-0.15, -0.1) is 0 Å². The van der Waals surface area contributed by atoms with E-state index in [4.69, 9.17) is 0 Å². The quantitative estimate of drug-likeness (QED) is 0.341. The summed E-state index contributed by atoms with van der Waals surface area (Å²) in [4.78, 5) is 0. The van der Waals surface area contributed by atoms with Crippen LogP contribution in [0.5, 0.6) is 0 Å². The fraction of sp³-hybridized carbons (Fsp3) is 0.0667. The van der Waals surface area contributed by atoms with E-state index in [1.54, 1.807) is 0 Å². The van der Waals surface area contributed by atoms with Crippen molar-refractivity contribution >= 4 is 23.3 Å². The summed E-state index contributed by atoms with van der Waals surface area (Å²) in [5.41, 5.74) is 11.0. The standard InChI is InChI=1S/C30H22/c1-3-11-21(12-4-1)27-19-23-15-7-9-17-25(23)29(27)30-26-18-10-8-16-24(26)20-28(30)22-13-5-2-6-14-22/h1-20,29-30H/t29-,30-/m0/s1. The van der Waals surface area contributed by atoms with Crippen LogP contribution in [0.4, 0.5) is 0 Å². The summed E-state index contributed by atoms with van der Waals surface area (Å²) in [5.74, 6) is 0.609. The second-order valence-electron chi connectivity index (χ2n) is 8.14. The van der Waals surface area contributed by atoms with E-state index >= 15 is 0 Å². The Hall–Kier alpha value is -3.64. The minimum absolute atomic E-state index is 0.304. The van der Waals surface area contributed by atoms with Gasteiger partial charge in [-0.3, -0.25) is 0 Å². The molecular formula is C30H22. The highest BCUT2D eigenvalue weighted by Gasteiger charge is 2.39. The topological polar surface area (TPSA) is 0 Å². The third kappa shape index (κ3) is 2.69. The molecule has 30 heavy (non-hydrogen) atoms. The second-order valence-corrected chi connectivity index (χ2v) is 8.14. The zero-order valence-corrected chi connectivity index (χ0v) is 16.7. The predicted molar refractivity (Wildman–Crippen MR) is 127 cm³/mol. The molecule has 0 heteroatoms. The molecule has 0 spiro atoms. The molecule has 2 aliphatic rings. The number of hydrogen-bond donors (Lipinski definition) is 0. The van der Waals surface area contributed by atoms with Gasteiger partial charge in [0.2, 0.25) is 0 Å². The molecule has 6 rings (SSSR count). The van der Waals surface area contributed by atoms with Gasteiger partial charge in [-0.2, -0.15) is 0 Å². The number of rotatable bonds is 3. The molecule has 0 aliphatic heterocycles. The minimum atomic E-state index is 0.304. The summed E-state index contributed by atoms with van der Waals surface area (Å²) in [5, 5.41) is 0. The van der Waals surface area contributed by atoms with Crippen molar-refractivity contribution in [1.29, 1.82) is 0 Å². The van der Waals surface area contributed by atoms with Crippen LogP contribution in [0.2, 0.25) is 0 Å². The van der Waals surface area contributed by atoms with E-state index in [-0.39, 0.29) is 0 Å². The molecule has 0 fully saturated rings. The Bertz CT molecular complexity index is 1170. The molecule has 142 valence electrons. The molecule has 2 aliphatic carbocycles. The molecule has 2 atom stereocenters. The summed E-state index contributed by atoms with van der Waals surface area (Å²) < 4.78 is 0. The van der Waals surface area contributed by atoms with Crippen LogP contribution in [-0.4, -0.2) is 0 Å². The smallest absolute Gasteiger partial charge is 0.0211 e. The Balaban J connectivity index is 1.58. The molecule has 4 aromatic rings. The van der Waals surface area contributed by atoms with Crippen molar-refractivity contribution in [2.75, 3.05) is 0 Å². The molecule has 0 heterocycles. The van der Waals surface area contributed by atoms with E-state index in [0.717, 1.165) is 0 Å². The van der Waals surface area contributed by atoms with Crippen molar-refractivity contribution in [3.05, 3.63) is 143 Å². The lowest BCUT2D eigenvalue weighted by Gasteiger charge is -2.28. The third-order valence-corrected chi connectivity index (χ3v) is 6.50. The first kappa shape index (κ1) is 17.2. The molecule has 0 nitrogen and oxygen atoms in total. The molecule has 0 bridgehead atoms. The zero-order valence-electron chi connectivity index (χ0n) is 16.7. The number of fused-ring (bicyclic) bond motifs is 2. The minimum Gasteiger partial charge on any atom is -0.0622 e. The average molecular weight is 383 g/mol. The van der Waals surface area contributed by atoms with Crippen LogP contribution in [0.3, 0.4) is 0 Å². The Kier molecular flexibility index (Phi) is 4.02. The summed E-state index contributed by atoms with van der Waals surface area (Å²) in [6.07, 6.45) is 4.80. The number of benzene rings is 4. The van der Waals surface area contributed by atoms with Crippen LogP contribution in [-0.2, 0) is 0 Å². The van der Waals surface area contributed by atoms with E-state index in [1.165, 1.54) is 44.5 Å². The monoisotopic (exact) mass is 382 g/mol. The molecule has 0 unspecified atom stereocenters. The van der Waals surface area contributed by atoms with Gasteiger partial charge in [0, 0.05) is 11.8 Å². The average Bonchev–Trinajstić information content (AvgIpc) is 3.38. The number of hydrogen-bond acceptors (Lipinski definition) is 0. The van der Waals surface area contributed by atoms with Gasteiger partial charge in [-0.25, -0.2) is 0 Å². The van der Waals surface area contributed by atoms with Crippen molar-refractivity contribution in [2.24, 2.45) is 0 Å². The van der Waals surface area contributed by atoms with E-state index in [0.29, 0.717) is 11.8 Å². The van der Waals surface area contributed by atoms with Gasteiger partial charge in [0.05, 0.1) is 0 Å². The van der Waals surface area contributed by atoms with E-state index < -0.39 is 0 Å². The lowest BCUT2D eigenvalue weighted by Crippen LogP contribution is -2.12. The largest absolute Gasteiger partial charge is 0.0622 e. The van der Waals surface area contributed by atoms with Crippen LogP contribution < -0.4 is 0 Å². The predicted octanol–water partition coefficient (Wildman–Crippen LogP) is 7.66. The Morgan fingerprint density at radius 1 is 0.367 bits per heavy atom. The Labute approximate surface area is 177 Å². The van der Waals surface area contributed by atoms with Crippen molar-refractivity contribution in [3.63, 3.8) is 0 Å². The van der Waals surface area contributed by atoms with Gasteiger partial charge >= 0.3 is 0 Å². The fourth-order valence-corrected chi connectivity index (χ4v) is 5.21. The molecular weight excluding hydrogens is 360 g/mol. The maximum atomic E-state index is 2.40. The summed E-state index contributed by atoms with van der Waals surface area (Å²) in [6.45, 7) is 0. The van der Waals surface area contributed by atoms with E-state index in [2.05, 4.69) is 121 Å². The molecule has 0 aromatic heterocycles. The summed E-state index contributed by atoms with van der Waals surface area (Å²) in [7, 11) is 0. The van der Waals surface area contributed by atoms with Crippen LogP contribution in [0, 0.1) is 0 Å². The molecule has 0 saturated heterocycles. The van der Waals surface area contributed by atoms with Crippen molar-refractivity contribution in [3.8, 4) is 0 Å². The Morgan fingerprint density at radius 2 is 0.733 bits per heavy atom. The maximum absolute atomic E-state index is 2.40. The van der Waals surface area contributed by atoms with Crippen molar-refractivity contribution in [2.45, 2.75) is 11.8 Å². The van der Waals surface area contributed by atoms with E-state index in [9.17, 15) is 0 Å². The SMILES string of the molecule is C1=C(c2ccccc2)[C@@H]([C@@H]2C(c3ccccc3)=Cc3ccccc32)c2ccccc21. The molecule has 0 saturated carbocycles. The van der Waals surface area contributed by atoms with Crippen molar-refractivity contribution in [1.82, 2.24) is 0 Å². The summed E-state index contributed by atoms with van der Waals surface area (Å²) >= 11 is 0.